The molecule has 4 heteroatoms. The summed E-state index contributed by atoms with van der Waals surface area (Å²) in [6, 6.07) is 11.2. The Kier molecular flexibility index (Phi) is 4.84. The zero-order valence-electron chi connectivity index (χ0n) is 13.2. The maximum atomic E-state index is 12.9. The number of hydrogen-bond donors (Lipinski definition) is 0. The second-order valence-corrected chi connectivity index (χ2v) is 6.29. The normalized spacial score (nSPS) is 20.6. The summed E-state index contributed by atoms with van der Waals surface area (Å²) < 4.78 is 25.9. The minimum atomic E-state index is -0.361. The Morgan fingerprint density at radius 1 is 0.625 bits per heavy atom. The van der Waals surface area contributed by atoms with Crippen LogP contribution in [-0.2, 0) is 0 Å². The number of carbonyl (C=O) groups is 2. The van der Waals surface area contributed by atoms with Crippen molar-refractivity contribution >= 4 is 11.6 Å². The fourth-order valence-corrected chi connectivity index (χ4v) is 3.32. The number of ketones is 2. The first-order chi connectivity index (χ1) is 11.5. The standard InChI is InChI=1S/C20H18F2O2/c21-17-9-5-15(6-10-17)19(23)13-1-2-14(4-3-13)20(24)16-7-11-18(22)12-8-16/h5-14H,1-4H2. The molecule has 0 aromatic heterocycles. The molecule has 0 unspecified atom stereocenters. The predicted molar refractivity (Wildman–Crippen MR) is 86.9 cm³/mol. The van der Waals surface area contributed by atoms with E-state index in [1.54, 1.807) is 0 Å². The molecule has 1 saturated carbocycles. The monoisotopic (exact) mass is 328 g/mol. The summed E-state index contributed by atoms with van der Waals surface area (Å²) in [5.41, 5.74) is 1.04. The van der Waals surface area contributed by atoms with E-state index in [0.29, 0.717) is 36.8 Å². The molecule has 0 bridgehead atoms. The highest BCUT2D eigenvalue weighted by Gasteiger charge is 2.30. The molecule has 0 heterocycles. The summed E-state index contributed by atoms with van der Waals surface area (Å²) in [4.78, 5) is 24.9. The molecular formula is C20H18F2O2. The molecule has 124 valence electrons. The van der Waals surface area contributed by atoms with Gasteiger partial charge < -0.3 is 0 Å². The van der Waals surface area contributed by atoms with Crippen LogP contribution in [0.5, 0.6) is 0 Å². The van der Waals surface area contributed by atoms with E-state index in [-0.39, 0.29) is 35.0 Å². The van der Waals surface area contributed by atoms with E-state index in [9.17, 15) is 18.4 Å². The summed E-state index contributed by atoms with van der Waals surface area (Å²) in [6.07, 6.45) is 2.59. The van der Waals surface area contributed by atoms with E-state index in [2.05, 4.69) is 0 Å². The number of Topliss-reactive ketones (excluding diaryl/α,β-unsaturated/α-hetero) is 2. The largest absolute Gasteiger partial charge is 0.294 e. The molecule has 2 aromatic carbocycles. The van der Waals surface area contributed by atoms with Gasteiger partial charge in [-0.05, 0) is 74.2 Å². The van der Waals surface area contributed by atoms with Gasteiger partial charge in [-0.25, -0.2) is 8.78 Å². The van der Waals surface area contributed by atoms with E-state index in [1.807, 2.05) is 0 Å². The van der Waals surface area contributed by atoms with Crippen LogP contribution < -0.4 is 0 Å². The van der Waals surface area contributed by atoms with Crippen molar-refractivity contribution in [3.8, 4) is 0 Å². The number of hydrogen-bond acceptors (Lipinski definition) is 2. The number of benzene rings is 2. The second-order valence-electron chi connectivity index (χ2n) is 6.29. The van der Waals surface area contributed by atoms with Gasteiger partial charge in [0, 0.05) is 23.0 Å². The fourth-order valence-electron chi connectivity index (χ4n) is 3.32. The number of halogens is 2. The first-order valence-corrected chi connectivity index (χ1v) is 8.14. The molecule has 2 aromatic rings. The zero-order valence-corrected chi connectivity index (χ0v) is 13.2. The molecule has 24 heavy (non-hydrogen) atoms. The topological polar surface area (TPSA) is 34.1 Å². The Balaban J connectivity index is 1.61. The van der Waals surface area contributed by atoms with Crippen molar-refractivity contribution in [1.29, 1.82) is 0 Å². The molecule has 0 aliphatic heterocycles. The van der Waals surface area contributed by atoms with Crippen LogP contribution in [0.25, 0.3) is 0 Å². The molecule has 1 aliphatic carbocycles. The lowest BCUT2D eigenvalue weighted by Gasteiger charge is -2.26. The number of carbonyl (C=O) groups excluding carboxylic acids is 2. The van der Waals surface area contributed by atoms with Crippen LogP contribution in [0.15, 0.2) is 48.5 Å². The van der Waals surface area contributed by atoms with Crippen LogP contribution in [0.3, 0.4) is 0 Å². The third-order valence-electron chi connectivity index (χ3n) is 4.73. The van der Waals surface area contributed by atoms with Gasteiger partial charge in [-0.3, -0.25) is 9.59 Å². The van der Waals surface area contributed by atoms with Gasteiger partial charge in [0.1, 0.15) is 11.6 Å². The molecule has 0 saturated heterocycles. The lowest BCUT2D eigenvalue weighted by Crippen LogP contribution is -2.26. The Bertz CT molecular complexity index is 662. The average Bonchev–Trinajstić information content (AvgIpc) is 2.62. The van der Waals surface area contributed by atoms with Gasteiger partial charge in [0.25, 0.3) is 0 Å². The van der Waals surface area contributed by atoms with E-state index in [0.717, 1.165) is 0 Å². The molecule has 0 amide bonds. The molecular weight excluding hydrogens is 310 g/mol. The Morgan fingerprint density at radius 3 is 1.21 bits per heavy atom. The van der Waals surface area contributed by atoms with Gasteiger partial charge in [-0.15, -0.1) is 0 Å². The van der Waals surface area contributed by atoms with Crippen molar-refractivity contribution in [2.24, 2.45) is 11.8 Å². The van der Waals surface area contributed by atoms with Gasteiger partial charge in [0.2, 0.25) is 0 Å². The highest BCUT2D eigenvalue weighted by molar-refractivity contribution is 5.99. The van der Waals surface area contributed by atoms with Crippen molar-refractivity contribution in [1.82, 2.24) is 0 Å². The minimum Gasteiger partial charge on any atom is -0.294 e. The van der Waals surface area contributed by atoms with Crippen molar-refractivity contribution in [3.63, 3.8) is 0 Å². The second kappa shape index (κ2) is 7.04. The third kappa shape index (κ3) is 3.58. The summed E-state index contributed by atoms with van der Waals surface area (Å²) in [6.45, 7) is 0. The Hall–Kier alpha value is -2.36. The molecule has 3 rings (SSSR count). The highest BCUT2D eigenvalue weighted by atomic mass is 19.1. The first-order valence-electron chi connectivity index (χ1n) is 8.14. The smallest absolute Gasteiger partial charge is 0.165 e. The fraction of sp³-hybridized carbons (Fsp3) is 0.300. The van der Waals surface area contributed by atoms with Gasteiger partial charge >= 0.3 is 0 Å². The van der Waals surface area contributed by atoms with Crippen LogP contribution >= 0.6 is 0 Å². The summed E-state index contributed by atoms with van der Waals surface area (Å²) in [5, 5.41) is 0. The predicted octanol–water partition coefficient (Wildman–Crippen LogP) is 4.84. The van der Waals surface area contributed by atoms with Crippen molar-refractivity contribution in [2.75, 3.05) is 0 Å². The van der Waals surface area contributed by atoms with E-state index < -0.39 is 0 Å². The molecule has 0 spiro atoms. The van der Waals surface area contributed by atoms with E-state index in [1.165, 1.54) is 48.5 Å². The first kappa shape index (κ1) is 16.5. The average molecular weight is 328 g/mol. The summed E-state index contributed by atoms with van der Waals surface area (Å²) >= 11 is 0. The van der Waals surface area contributed by atoms with Gasteiger partial charge in [-0.2, -0.15) is 0 Å². The highest BCUT2D eigenvalue weighted by Crippen LogP contribution is 2.33. The van der Waals surface area contributed by atoms with Gasteiger partial charge in [-0.1, -0.05) is 0 Å². The van der Waals surface area contributed by atoms with Crippen LogP contribution in [0.4, 0.5) is 8.78 Å². The van der Waals surface area contributed by atoms with Gasteiger partial charge in [0.05, 0.1) is 0 Å². The minimum absolute atomic E-state index is 0.0164. The van der Waals surface area contributed by atoms with Crippen LogP contribution in [0, 0.1) is 23.5 Å². The lowest BCUT2D eigenvalue weighted by molar-refractivity contribution is 0.0797. The van der Waals surface area contributed by atoms with Crippen molar-refractivity contribution < 1.29 is 18.4 Å². The molecule has 0 N–H and O–H groups in total. The Morgan fingerprint density at radius 2 is 0.917 bits per heavy atom. The summed E-state index contributed by atoms with van der Waals surface area (Å²) in [5.74, 6) is -0.925. The van der Waals surface area contributed by atoms with E-state index >= 15 is 0 Å². The number of rotatable bonds is 4. The molecule has 0 radical (unpaired) electrons. The summed E-state index contributed by atoms with van der Waals surface area (Å²) in [7, 11) is 0. The Labute approximate surface area is 139 Å². The molecule has 2 nitrogen and oxygen atoms in total. The molecule has 0 atom stereocenters. The van der Waals surface area contributed by atoms with Crippen LogP contribution in [0.1, 0.15) is 46.4 Å². The van der Waals surface area contributed by atoms with Gasteiger partial charge in [0.15, 0.2) is 11.6 Å². The lowest BCUT2D eigenvalue weighted by atomic mass is 9.76. The van der Waals surface area contributed by atoms with Crippen LogP contribution in [0.2, 0.25) is 0 Å². The van der Waals surface area contributed by atoms with Crippen molar-refractivity contribution in [2.45, 2.75) is 25.7 Å². The maximum absolute atomic E-state index is 12.9. The SMILES string of the molecule is O=C(c1ccc(F)cc1)C1CCC(C(=O)c2ccc(F)cc2)CC1. The molecule has 1 fully saturated rings. The van der Waals surface area contributed by atoms with E-state index in [4.69, 9.17) is 0 Å². The molecule has 1 aliphatic rings. The maximum Gasteiger partial charge on any atom is 0.165 e. The third-order valence-corrected chi connectivity index (χ3v) is 4.73. The zero-order chi connectivity index (χ0) is 17.1. The quantitative estimate of drug-likeness (QED) is 0.753. The van der Waals surface area contributed by atoms with Crippen molar-refractivity contribution in [3.05, 3.63) is 71.3 Å². The van der Waals surface area contributed by atoms with Crippen LogP contribution in [-0.4, -0.2) is 11.6 Å².